The standard InChI is InChI=1S/C27H35N6O8P/c1-4-17(5-2)13-26(3,25(36)37)32-42(38,41-18-9-7-6-8-10-18)39-14-20-22(34)23(35)27(15-28,40-20)21-12-11-19-24(29)30-16-31-33(19)21/h6-12,16-17,20,22-23,34-35H,4-5,13-14H2,1-3H3,(H,32,38)(H,36,37)(H2,29,30,31)/t20-,22-,23-,26+,27+,42?/m1/s1. The van der Waals surface area contributed by atoms with E-state index in [1.54, 1.807) is 18.2 Å². The van der Waals surface area contributed by atoms with E-state index >= 15 is 0 Å². The zero-order valence-electron chi connectivity index (χ0n) is 23.5. The van der Waals surface area contributed by atoms with Crippen molar-refractivity contribution in [3.8, 4) is 11.8 Å². The van der Waals surface area contributed by atoms with Crippen LogP contribution in [0.5, 0.6) is 5.75 Å². The average Bonchev–Trinajstić information content (AvgIpc) is 3.51. The zero-order chi connectivity index (χ0) is 30.7. The van der Waals surface area contributed by atoms with E-state index < -0.39 is 49.8 Å². The van der Waals surface area contributed by atoms with E-state index in [1.807, 2.05) is 19.9 Å². The van der Waals surface area contributed by atoms with Gasteiger partial charge in [0.05, 0.1) is 12.3 Å². The fourth-order valence-corrected chi connectivity index (χ4v) is 6.76. The molecular weight excluding hydrogens is 567 g/mol. The number of ether oxygens (including phenoxy) is 1. The molecule has 1 aromatic carbocycles. The Balaban J connectivity index is 1.63. The summed E-state index contributed by atoms with van der Waals surface area (Å²) in [5, 5.41) is 48.9. The number of nitrogen functional groups attached to an aromatic ring is 1. The third kappa shape index (κ3) is 5.98. The van der Waals surface area contributed by atoms with E-state index in [1.165, 1.54) is 42.0 Å². The van der Waals surface area contributed by atoms with E-state index in [0.29, 0.717) is 18.4 Å². The van der Waals surface area contributed by atoms with E-state index in [4.69, 9.17) is 19.5 Å². The fourth-order valence-electron chi connectivity index (χ4n) is 5.06. The van der Waals surface area contributed by atoms with Crippen LogP contribution in [0.2, 0.25) is 0 Å². The normalized spacial score (nSPS) is 25.1. The molecule has 2 aromatic heterocycles. The number of hydrogen-bond donors (Lipinski definition) is 5. The Kier molecular flexibility index (Phi) is 9.22. The van der Waals surface area contributed by atoms with Gasteiger partial charge in [0.1, 0.15) is 47.5 Å². The van der Waals surface area contributed by atoms with Crippen molar-refractivity contribution in [3.05, 3.63) is 54.5 Å². The lowest BCUT2D eigenvalue weighted by molar-refractivity contribution is -0.144. The summed E-state index contributed by atoms with van der Waals surface area (Å²) in [5.74, 6) is -0.991. The summed E-state index contributed by atoms with van der Waals surface area (Å²) in [4.78, 5) is 16.3. The van der Waals surface area contributed by atoms with Crippen molar-refractivity contribution in [1.29, 1.82) is 5.26 Å². The highest BCUT2D eigenvalue weighted by molar-refractivity contribution is 7.52. The van der Waals surface area contributed by atoms with Gasteiger partial charge < -0.3 is 30.3 Å². The summed E-state index contributed by atoms with van der Waals surface area (Å²) in [5.41, 5.74) is 2.51. The lowest BCUT2D eigenvalue weighted by Crippen LogP contribution is -2.50. The summed E-state index contributed by atoms with van der Waals surface area (Å²) >= 11 is 0. The molecule has 0 radical (unpaired) electrons. The van der Waals surface area contributed by atoms with E-state index in [-0.39, 0.29) is 29.6 Å². The third-order valence-corrected chi connectivity index (χ3v) is 9.28. The predicted molar refractivity (Wildman–Crippen MR) is 150 cm³/mol. The highest BCUT2D eigenvalue weighted by atomic mass is 31.2. The second-order valence-corrected chi connectivity index (χ2v) is 12.1. The first-order chi connectivity index (χ1) is 19.9. The summed E-state index contributed by atoms with van der Waals surface area (Å²) in [6, 6.07) is 13.0. The first kappa shape index (κ1) is 31.4. The Bertz CT molecular complexity index is 1490. The molecule has 4 rings (SSSR count). The maximum Gasteiger partial charge on any atom is 0.459 e. The molecule has 0 aliphatic carbocycles. The lowest BCUT2D eigenvalue weighted by atomic mass is 9.87. The van der Waals surface area contributed by atoms with Gasteiger partial charge in [-0.15, -0.1) is 0 Å². The Labute approximate surface area is 242 Å². The van der Waals surface area contributed by atoms with Crippen LogP contribution in [0.25, 0.3) is 5.52 Å². The van der Waals surface area contributed by atoms with Crippen LogP contribution in [-0.2, 0) is 24.2 Å². The Morgan fingerprint density at radius 3 is 2.60 bits per heavy atom. The maximum atomic E-state index is 14.2. The molecule has 0 amide bonds. The van der Waals surface area contributed by atoms with Gasteiger partial charge in [-0.25, -0.2) is 14.1 Å². The number of aliphatic hydroxyl groups is 2. The van der Waals surface area contributed by atoms with Gasteiger partial charge in [0, 0.05) is 0 Å². The topological polar surface area (TPSA) is 215 Å². The van der Waals surface area contributed by atoms with E-state index in [9.17, 15) is 29.9 Å². The van der Waals surface area contributed by atoms with Crippen molar-refractivity contribution in [1.82, 2.24) is 19.7 Å². The molecule has 42 heavy (non-hydrogen) atoms. The quantitative estimate of drug-likeness (QED) is 0.178. The molecule has 14 nitrogen and oxygen atoms in total. The molecule has 6 N–H and O–H groups in total. The van der Waals surface area contributed by atoms with Crippen LogP contribution < -0.4 is 15.3 Å². The number of hydrogen-bond acceptors (Lipinski definition) is 11. The molecule has 226 valence electrons. The minimum absolute atomic E-state index is 0.00451. The van der Waals surface area contributed by atoms with Gasteiger partial charge in [-0.2, -0.15) is 15.4 Å². The van der Waals surface area contributed by atoms with E-state index in [0.717, 1.165) is 0 Å². The van der Waals surface area contributed by atoms with Gasteiger partial charge >= 0.3 is 13.7 Å². The summed E-state index contributed by atoms with van der Waals surface area (Å²) in [6.45, 7) is 4.63. The fraction of sp³-hybridized carbons (Fsp3) is 0.481. The highest BCUT2D eigenvalue weighted by Gasteiger charge is 2.58. The first-order valence-corrected chi connectivity index (χ1v) is 15.0. The second kappa shape index (κ2) is 12.3. The minimum Gasteiger partial charge on any atom is -0.480 e. The van der Waals surface area contributed by atoms with Gasteiger partial charge in [-0.1, -0.05) is 44.9 Å². The van der Waals surface area contributed by atoms with Crippen molar-refractivity contribution < 1.29 is 38.5 Å². The molecule has 1 fully saturated rings. The smallest absolute Gasteiger partial charge is 0.459 e. The van der Waals surface area contributed by atoms with Crippen molar-refractivity contribution in [2.75, 3.05) is 12.3 Å². The number of carboxylic acids is 1. The summed E-state index contributed by atoms with van der Waals surface area (Å²) in [6.07, 6.45) is -2.12. The SMILES string of the molecule is CCC(CC)C[C@](C)(NP(=O)(OC[C@H]1O[C@@](C#N)(c2ccc3c(N)ncnn23)[C@H](O)[C@@H]1O)Oc1ccccc1)C(=O)O. The van der Waals surface area contributed by atoms with Gasteiger partial charge in [-0.3, -0.25) is 9.32 Å². The molecule has 15 heteroatoms. The third-order valence-electron chi connectivity index (χ3n) is 7.57. The molecule has 0 spiro atoms. The number of nitrogens with two attached hydrogens (primary N) is 1. The number of aliphatic carboxylic acids is 1. The number of aliphatic hydroxyl groups excluding tert-OH is 2. The van der Waals surface area contributed by atoms with Gasteiger partial charge in [-0.05, 0) is 43.5 Å². The number of carbonyl (C=O) groups is 1. The lowest BCUT2D eigenvalue weighted by Gasteiger charge is -2.33. The number of para-hydroxylation sites is 1. The predicted octanol–water partition coefficient (Wildman–Crippen LogP) is 2.61. The molecule has 0 bridgehead atoms. The van der Waals surface area contributed by atoms with Crippen LogP contribution >= 0.6 is 7.75 Å². The van der Waals surface area contributed by atoms with Crippen LogP contribution in [0, 0.1) is 17.2 Å². The van der Waals surface area contributed by atoms with Crippen molar-refractivity contribution in [3.63, 3.8) is 0 Å². The largest absolute Gasteiger partial charge is 0.480 e. The highest BCUT2D eigenvalue weighted by Crippen LogP contribution is 2.49. The molecule has 3 aromatic rings. The van der Waals surface area contributed by atoms with Crippen LogP contribution in [-0.4, -0.2) is 66.3 Å². The maximum absolute atomic E-state index is 14.2. The number of nitrogens with one attached hydrogen (secondary N) is 1. The van der Waals surface area contributed by atoms with Crippen LogP contribution in [0.4, 0.5) is 5.82 Å². The van der Waals surface area contributed by atoms with Crippen molar-refractivity contribution >= 4 is 25.1 Å². The molecule has 1 unspecified atom stereocenters. The second-order valence-electron chi connectivity index (χ2n) is 10.4. The number of nitriles is 1. The molecule has 1 saturated heterocycles. The number of rotatable bonds is 13. The Hall–Kier alpha value is -3.57. The minimum atomic E-state index is -4.48. The molecular formula is C27H35N6O8P. The zero-order valence-corrected chi connectivity index (χ0v) is 24.3. The Morgan fingerprint density at radius 2 is 1.98 bits per heavy atom. The number of anilines is 1. The van der Waals surface area contributed by atoms with Crippen LogP contribution in [0.3, 0.4) is 0 Å². The number of carboxylic acid groups (broad SMARTS) is 1. The first-order valence-electron chi connectivity index (χ1n) is 13.5. The molecule has 0 saturated carbocycles. The molecule has 6 atom stereocenters. The number of aromatic nitrogens is 3. The van der Waals surface area contributed by atoms with Crippen molar-refractivity contribution in [2.45, 2.75) is 69.5 Å². The monoisotopic (exact) mass is 602 g/mol. The average molecular weight is 603 g/mol. The number of fused-ring (bicyclic) bond motifs is 1. The van der Waals surface area contributed by atoms with Crippen LogP contribution in [0.15, 0.2) is 48.8 Å². The molecule has 1 aliphatic heterocycles. The van der Waals surface area contributed by atoms with Crippen LogP contribution in [0.1, 0.15) is 45.7 Å². The summed E-state index contributed by atoms with van der Waals surface area (Å²) in [7, 11) is -4.48. The molecule has 3 heterocycles. The molecule has 1 aliphatic rings. The Morgan fingerprint density at radius 1 is 1.29 bits per heavy atom. The number of benzene rings is 1. The number of nitrogens with zero attached hydrogens (tertiary/aromatic N) is 4. The summed E-state index contributed by atoms with van der Waals surface area (Å²) < 4.78 is 32.7. The van der Waals surface area contributed by atoms with Gasteiger partial charge in [0.15, 0.2) is 5.82 Å². The van der Waals surface area contributed by atoms with Gasteiger partial charge in [0.25, 0.3) is 0 Å². The van der Waals surface area contributed by atoms with Crippen molar-refractivity contribution in [2.24, 2.45) is 5.92 Å². The van der Waals surface area contributed by atoms with E-state index in [2.05, 4.69) is 15.2 Å². The van der Waals surface area contributed by atoms with Gasteiger partial charge in [0.2, 0.25) is 5.60 Å².